The van der Waals surface area contributed by atoms with E-state index < -0.39 is 5.51 Å². The van der Waals surface area contributed by atoms with E-state index in [1.54, 1.807) is 0 Å². The van der Waals surface area contributed by atoms with Crippen molar-refractivity contribution in [2.45, 2.75) is 37.2 Å². The zero-order chi connectivity index (χ0) is 15.3. The summed E-state index contributed by atoms with van der Waals surface area (Å²) in [5.41, 5.74) is -3.13. The van der Waals surface area contributed by atoms with Crippen LogP contribution in [0.3, 0.4) is 0 Å². The molecule has 0 aromatic heterocycles. The molecule has 1 aromatic rings. The zero-order valence-corrected chi connectivity index (χ0v) is 13.2. The van der Waals surface area contributed by atoms with E-state index in [0.29, 0.717) is 17.5 Å². The van der Waals surface area contributed by atoms with Crippen LogP contribution < -0.4 is 5.32 Å². The van der Waals surface area contributed by atoms with E-state index in [1.807, 2.05) is 24.3 Å². The number of benzene rings is 1. The molecule has 0 radical (unpaired) electrons. The maximum absolute atomic E-state index is 12.2. The van der Waals surface area contributed by atoms with E-state index in [9.17, 15) is 13.2 Å². The molecule has 0 heterocycles. The number of hydrogen-bond acceptors (Lipinski definition) is 2. The minimum atomic E-state index is -4.14. The summed E-state index contributed by atoms with van der Waals surface area (Å²) in [6.45, 7) is 0.758. The van der Waals surface area contributed by atoms with Gasteiger partial charge in [-0.15, -0.1) is 0 Å². The van der Waals surface area contributed by atoms with Crippen molar-refractivity contribution in [1.82, 2.24) is 5.32 Å². The van der Waals surface area contributed by atoms with Gasteiger partial charge in [0.1, 0.15) is 0 Å². The molecule has 21 heavy (non-hydrogen) atoms. The van der Waals surface area contributed by atoms with Gasteiger partial charge in [0.05, 0.1) is 0 Å². The predicted molar refractivity (Wildman–Crippen MR) is 82.8 cm³/mol. The maximum Gasteiger partial charge on any atom is 0.441 e. The summed E-state index contributed by atoms with van der Waals surface area (Å²) >= 11 is 6.21. The van der Waals surface area contributed by atoms with Crippen LogP contribution in [0, 0.1) is 5.92 Å². The number of halogens is 4. The first-order valence-electron chi connectivity index (χ1n) is 7.11. The topological polar surface area (TPSA) is 12.0 Å². The van der Waals surface area contributed by atoms with Crippen molar-refractivity contribution in [2.24, 2.45) is 5.92 Å². The molecule has 1 nitrogen and oxygen atoms in total. The van der Waals surface area contributed by atoms with Crippen LogP contribution in [0.4, 0.5) is 13.2 Å². The number of nitrogens with one attached hydrogen (secondary N) is 1. The monoisotopic (exact) mass is 337 g/mol. The molecule has 0 amide bonds. The summed E-state index contributed by atoms with van der Waals surface area (Å²) in [6.07, 6.45) is 3.61. The molecule has 1 aliphatic rings. The average molecular weight is 338 g/mol. The third kappa shape index (κ3) is 6.94. The molecular formula is C15H19ClF3NS. The van der Waals surface area contributed by atoms with E-state index in [4.69, 9.17) is 11.6 Å². The van der Waals surface area contributed by atoms with Gasteiger partial charge in [-0.3, -0.25) is 0 Å². The molecule has 2 rings (SSSR count). The third-order valence-electron chi connectivity index (χ3n) is 3.53. The molecule has 6 heteroatoms. The van der Waals surface area contributed by atoms with Gasteiger partial charge in [-0.05, 0) is 49.8 Å². The molecule has 1 unspecified atom stereocenters. The second kappa shape index (κ2) is 7.75. The van der Waals surface area contributed by atoms with Crippen molar-refractivity contribution < 1.29 is 13.2 Å². The first kappa shape index (κ1) is 17.0. The minimum Gasteiger partial charge on any atom is -0.314 e. The van der Waals surface area contributed by atoms with Crippen LogP contribution in [-0.2, 0) is 6.42 Å². The van der Waals surface area contributed by atoms with Gasteiger partial charge in [0.25, 0.3) is 0 Å². The van der Waals surface area contributed by atoms with Gasteiger partial charge >= 0.3 is 5.51 Å². The van der Waals surface area contributed by atoms with E-state index in [0.717, 1.165) is 18.5 Å². The van der Waals surface area contributed by atoms with E-state index in [1.165, 1.54) is 12.8 Å². The molecule has 1 saturated carbocycles. The lowest BCUT2D eigenvalue weighted by molar-refractivity contribution is -0.0328. The highest BCUT2D eigenvalue weighted by Gasteiger charge is 2.28. The summed E-state index contributed by atoms with van der Waals surface area (Å²) in [6, 6.07) is 8.12. The molecule has 0 aliphatic heterocycles. The molecule has 118 valence electrons. The van der Waals surface area contributed by atoms with Crippen molar-refractivity contribution >= 4 is 23.4 Å². The second-order valence-electron chi connectivity index (χ2n) is 5.43. The van der Waals surface area contributed by atoms with Crippen molar-refractivity contribution in [2.75, 3.05) is 12.3 Å². The molecular weight excluding hydrogens is 319 g/mol. The predicted octanol–water partition coefficient (Wildman–Crippen LogP) is 4.89. The van der Waals surface area contributed by atoms with Crippen LogP contribution in [0.2, 0.25) is 5.02 Å². The van der Waals surface area contributed by atoms with Gasteiger partial charge in [-0.1, -0.05) is 41.6 Å². The second-order valence-corrected chi connectivity index (χ2v) is 6.99. The lowest BCUT2D eigenvalue weighted by Crippen LogP contribution is -2.26. The molecule has 1 aromatic carbocycles. The first-order chi connectivity index (χ1) is 9.94. The van der Waals surface area contributed by atoms with Crippen LogP contribution in [0.15, 0.2) is 24.3 Å². The highest BCUT2D eigenvalue weighted by molar-refractivity contribution is 8.00. The van der Waals surface area contributed by atoms with Gasteiger partial charge in [-0.2, -0.15) is 13.2 Å². The lowest BCUT2D eigenvalue weighted by Gasteiger charge is -2.18. The first-order valence-corrected chi connectivity index (χ1v) is 8.48. The van der Waals surface area contributed by atoms with E-state index >= 15 is 0 Å². The van der Waals surface area contributed by atoms with Crippen LogP contribution in [0.1, 0.15) is 24.8 Å². The van der Waals surface area contributed by atoms with Gasteiger partial charge in [0.2, 0.25) is 0 Å². The maximum atomic E-state index is 12.2. The number of rotatable bonds is 8. The minimum absolute atomic E-state index is 0.0658. The third-order valence-corrected chi connectivity index (χ3v) is 4.67. The Morgan fingerprint density at radius 3 is 2.62 bits per heavy atom. The van der Waals surface area contributed by atoms with E-state index in [-0.39, 0.29) is 23.4 Å². The van der Waals surface area contributed by atoms with Crippen LogP contribution in [-0.4, -0.2) is 23.8 Å². The molecule has 0 bridgehead atoms. The molecule has 1 N–H and O–H groups in total. The van der Waals surface area contributed by atoms with Crippen molar-refractivity contribution in [3.63, 3.8) is 0 Å². The summed E-state index contributed by atoms with van der Waals surface area (Å²) in [4.78, 5) is 0. The summed E-state index contributed by atoms with van der Waals surface area (Å²) in [5.74, 6) is 0.283. The highest BCUT2D eigenvalue weighted by Crippen LogP contribution is 2.32. The normalized spacial score (nSPS) is 17.0. The Bertz CT molecular complexity index is 449. The Morgan fingerprint density at radius 1 is 1.29 bits per heavy atom. The lowest BCUT2D eigenvalue weighted by atomic mass is 9.96. The fraction of sp³-hybridized carbons (Fsp3) is 0.600. The van der Waals surface area contributed by atoms with Gasteiger partial charge < -0.3 is 5.32 Å². The quantitative estimate of drug-likeness (QED) is 0.724. The standard InChI is InChI=1S/C15H19ClF3NS/c16-14-4-2-1-3-12(14)9-11(10-20-13-5-6-13)7-8-21-15(17,18)19/h1-4,11,13,20H,5-10H2. The van der Waals surface area contributed by atoms with Crippen LogP contribution >= 0.6 is 23.4 Å². The summed E-state index contributed by atoms with van der Waals surface area (Å²) in [7, 11) is 0. The Labute approximate surface area is 132 Å². The SMILES string of the molecule is FC(F)(F)SCCC(CNC1CC1)Cc1ccccc1Cl. The van der Waals surface area contributed by atoms with Crippen molar-refractivity contribution in [3.05, 3.63) is 34.9 Å². The number of hydrogen-bond donors (Lipinski definition) is 1. The molecule has 1 fully saturated rings. The number of alkyl halides is 3. The average Bonchev–Trinajstić information content (AvgIpc) is 3.21. The fourth-order valence-corrected chi connectivity index (χ4v) is 3.11. The fourth-order valence-electron chi connectivity index (χ4n) is 2.21. The Kier molecular flexibility index (Phi) is 6.26. The Hall–Kier alpha value is -0.390. The summed E-state index contributed by atoms with van der Waals surface area (Å²) in [5, 5.41) is 4.10. The van der Waals surface area contributed by atoms with Crippen LogP contribution in [0.5, 0.6) is 0 Å². The van der Waals surface area contributed by atoms with E-state index in [2.05, 4.69) is 5.32 Å². The van der Waals surface area contributed by atoms with Gasteiger partial charge in [0.15, 0.2) is 0 Å². The van der Waals surface area contributed by atoms with Gasteiger partial charge in [0, 0.05) is 16.8 Å². The summed E-state index contributed by atoms with van der Waals surface area (Å²) < 4.78 is 36.7. The highest BCUT2D eigenvalue weighted by atomic mass is 35.5. The molecule has 1 atom stereocenters. The molecule has 0 saturated heterocycles. The molecule has 1 aliphatic carbocycles. The Morgan fingerprint density at radius 2 is 2.00 bits per heavy atom. The van der Waals surface area contributed by atoms with Crippen molar-refractivity contribution in [3.8, 4) is 0 Å². The van der Waals surface area contributed by atoms with Crippen LogP contribution in [0.25, 0.3) is 0 Å². The largest absolute Gasteiger partial charge is 0.441 e. The number of thioether (sulfide) groups is 1. The smallest absolute Gasteiger partial charge is 0.314 e. The molecule has 0 spiro atoms. The zero-order valence-electron chi connectivity index (χ0n) is 11.6. The van der Waals surface area contributed by atoms with Crippen molar-refractivity contribution in [1.29, 1.82) is 0 Å². The Balaban J connectivity index is 1.86. The van der Waals surface area contributed by atoms with Gasteiger partial charge in [-0.25, -0.2) is 0 Å².